The first kappa shape index (κ1) is 22.9. The van der Waals surface area contributed by atoms with E-state index in [1.807, 2.05) is 30.3 Å². The molecule has 0 unspecified atom stereocenters. The molecule has 0 heterocycles. The molecule has 0 aliphatic heterocycles. The highest BCUT2D eigenvalue weighted by atomic mass is 127. The highest BCUT2D eigenvalue weighted by Gasteiger charge is 2.06. The summed E-state index contributed by atoms with van der Waals surface area (Å²) in [5, 5.41) is 6.61. The van der Waals surface area contributed by atoms with Crippen LogP contribution in [0.3, 0.4) is 0 Å². The maximum Gasteiger partial charge on any atom is 0.191 e. The summed E-state index contributed by atoms with van der Waals surface area (Å²) < 4.78 is 15.9. The lowest BCUT2D eigenvalue weighted by atomic mass is 10.1. The minimum atomic E-state index is 0. The molecule has 2 aromatic rings. The second-order valence-electron chi connectivity index (χ2n) is 5.83. The van der Waals surface area contributed by atoms with Gasteiger partial charge in [0.25, 0.3) is 0 Å². The Morgan fingerprint density at radius 2 is 1.52 bits per heavy atom. The van der Waals surface area contributed by atoms with Gasteiger partial charge in [0.1, 0.15) is 5.75 Å². The number of halogens is 1. The number of benzene rings is 2. The van der Waals surface area contributed by atoms with Crippen molar-refractivity contribution in [2.75, 3.05) is 28.4 Å². The van der Waals surface area contributed by atoms with Gasteiger partial charge >= 0.3 is 0 Å². The fourth-order valence-corrected chi connectivity index (χ4v) is 2.63. The molecule has 0 aliphatic carbocycles. The van der Waals surface area contributed by atoms with Gasteiger partial charge in [0.05, 0.1) is 21.3 Å². The van der Waals surface area contributed by atoms with Gasteiger partial charge < -0.3 is 24.8 Å². The second kappa shape index (κ2) is 11.5. The van der Waals surface area contributed by atoms with E-state index in [9.17, 15) is 0 Å². The molecule has 27 heavy (non-hydrogen) atoms. The summed E-state index contributed by atoms with van der Waals surface area (Å²) in [4.78, 5) is 4.27. The van der Waals surface area contributed by atoms with Crippen LogP contribution >= 0.6 is 24.0 Å². The molecule has 0 fully saturated rings. The zero-order valence-electron chi connectivity index (χ0n) is 16.5. The Morgan fingerprint density at radius 1 is 0.852 bits per heavy atom. The van der Waals surface area contributed by atoms with Crippen molar-refractivity contribution in [1.82, 2.24) is 10.6 Å². The van der Waals surface area contributed by atoms with Crippen molar-refractivity contribution in [3.05, 3.63) is 53.1 Å². The Hall–Kier alpha value is -2.16. The Balaban J connectivity index is 0.00000364. The SMILES string of the molecule is CN=C(NCc1cc(C)cc(OC)c1)NCc1ccc(OC)c(OC)c1.I. The van der Waals surface area contributed by atoms with E-state index in [4.69, 9.17) is 14.2 Å². The molecule has 2 N–H and O–H groups in total. The first-order chi connectivity index (χ1) is 12.6. The van der Waals surface area contributed by atoms with E-state index in [1.165, 1.54) is 0 Å². The van der Waals surface area contributed by atoms with Gasteiger partial charge in [0.2, 0.25) is 0 Å². The van der Waals surface area contributed by atoms with Gasteiger partial charge in [0, 0.05) is 20.1 Å². The molecule has 6 nitrogen and oxygen atoms in total. The standard InChI is InChI=1S/C20H27N3O3.HI/c1-14-8-16(10-17(9-14)24-3)13-23-20(21-2)22-12-15-6-7-18(25-4)19(11-15)26-5;/h6-11H,12-13H2,1-5H3,(H2,21,22,23);1H. The van der Waals surface area contributed by atoms with Crippen molar-refractivity contribution in [2.45, 2.75) is 20.0 Å². The van der Waals surface area contributed by atoms with Crippen LogP contribution in [0.5, 0.6) is 17.2 Å². The van der Waals surface area contributed by atoms with E-state index >= 15 is 0 Å². The van der Waals surface area contributed by atoms with Gasteiger partial charge in [-0.3, -0.25) is 4.99 Å². The largest absolute Gasteiger partial charge is 0.497 e. The normalized spacial score (nSPS) is 10.6. The Labute approximate surface area is 178 Å². The molecule has 0 radical (unpaired) electrons. The zero-order chi connectivity index (χ0) is 18.9. The number of nitrogens with one attached hydrogen (secondary N) is 2. The molecule has 0 aromatic heterocycles. The highest BCUT2D eigenvalue weighted by molar-refractivity contribution is 14.0. The fraction of sp³-hybridized carbons (Fsp3) is 0.350. The average Bonchev–Trinajstić information content (AvgIpc) is 2.67. The van der Waals surface area contributed by atoms with E-state index in [1.54, 1.807) is 28.4 Å². The number of rotatable bonds is 7. The summed E-state index contributed by atoms with van der Waals surface area (Å²) in [6, 6.07) is 12.0. The molecular formula is C20H28IN3O3. The van der Waals surface area contributed by atoms with Crippen molar-refractivity contribution >= 4 is 29.9 Å². The number of nitrogens with zero attached hydrogens (tertiary/aromatic N) is 1. The molecule has 0 saturated carbocycles. The number of aryl methyl sites for hydroxylation is 1. The fourth-order valence-electron chi connectivity index (χ4n) is 2.63. The monoisotopic (exact) mass is 485 g/mol. The predicted molar refractivity (Wildman–Crippen MR) is 120 cm³/mol. The average molecular weight is 485 g/mol. The maximum absolute atomic E-state index is 5.34. The third-order valence-electron chi connectivity index (χ3n) is 3.94. The van der Waals surface area contributed by atoms with Crippen LogP contribution in [-0.2, 0) is 13.1 Å². The summed E-state index contributed by atoms with van der Waals surface area (Å²) in [7, 11) is 6.68. The molecule has 0 atom stereocenters. The first-order valence-corrected chi connectivity index (χ1v) is 8.39. The lowest BCUT2D eigenvalue weighted by molar-refractivity contribution is 0.354. The molecule has 0 amide bonds. The number of guanidine groups is 1. The van der Waals surface area contributed by atoms with E-state index < -0.39 is 0 Å². The molecule has 0 saturated heterocycles. The lowest BCUT2D eigenvalue weighted by Crippen LogP contribution is -2.36. The highest BCUT2D eigenvalue weighted by Crippen LogP contribution is 2.27. The molecule has 2 aromatic carbocycles. The zero-order valence-corrected chi connectivity index (χ0v) is 18.8. The van der Waals surface area contributed by atoms with Crippen LogP contribution in [0.25, 0.3) is 0 Å². The molecule has 0 spiro atoms. The van der Waals surface area contributed by atoms with E-state index in [0.717, 1.165) is 28.4 Å². The summed E-state index contributed by atoms with van der Waals surface area (Å²) in [6.07, 6.45) is 0. The van der Waals surface area contributed by atoms with Crippen molar-refractivity contribution in [3.8, 4) is 17.2 Å². The van der Waals surface area contributed by atoms with Crippen LogP contribution in [0.4, 0.5) is 0 Å². The van der Waals surface area contributed by atoms with Crippen LogP contribution in [0.2, 0.25) is 0 Å². The van der Waals surface area contributed by atoms with Crippen LogP contribution in [0.15, 0.2) is 41.4 Å². The molecule has 2 rings (SSSR count). The molecule has 148 valence electrons. The van der Waals surface area contributed by atoms with E-state index in [0.29, 0.717) is 24.6 Å². The Bertz CT molecular complexity index is 766. The first-order valence-electron chi connectivity index (χ1n) is 8.39. The maximum atomic E-state index is 5.34. The van der Waals surface area contributed by atoms with Crippen LogP contribution in [0, 0.1) is 6.92 Å². The third-order valence-corrected chi connectivity index (χ3v) is 3.94. The van der Waals surface area contributed by atoms with Gasteiger partial charge in [-0.15, -0.1) is 24.0 Å². The number of hydrogen-bond donors (Lipinski definition) is 2. The van der Waals surface area contributed by atoms with Crippen molar-refractivity contribution in [1.29, 1.82) is 0 Å². The van der Waals surface area contributed by atoms with Crippen molar-refractivity contribution in [3.63, 3.8) is 0 Å². The van der Waals surface area contributed by atoms with E-state index in [-0.39, 0.29) is 24.0 Å². The number of methoxy groups -OCH3 is 3. The summed E-state index contributed by atoms with van der Waals surface area (Å²) in [5.74, 6) is 3.00. The minimum absolute atomic E-state index is 0. The smallest absolute Gasteiger partial charge is 0.191 e. The lowest BCUT2D eigenvalue weighted by Gasteiger charge is -2.14. The summed E-state index contributed by atoms with van der Waals surface area (Å²) in [5.41, 5.74) is 3.37. The third kappa shape index (κ3) is 6.82. The second-order valence-corrected chi connectivity index (χ2v) is 5.83. The molecule has 7 heteroatoms. The topological polar surface area (TPSA) is 64.1 Å². The Kier molecular flexibility index (Phi) is 9.77. The van der Waals surface area contributed by atoms with Gasteiger partial charge in [-0.2, -0.15) is 0 Å². The quantitative estimate of drug-likeness (QED) is 0.357. The summed E-state index contributed by atoms with van der Waals surface area (Å²) >= 11 is 0. The number of ether oxygens (including phenoxy) is 3. The number of aliphatic imine (C=N–C) groups is 1. The van der Waals surface area contributed by atoms with Gasteiger partial charge in [-0.25, -0.2) is 0 Å². The predicted octanol–water partition coefficient (Wildman–Crippen LogP) is 3.50. The number of hydrogen-bond acceptors (Lipinski definition) is 4. The van der Waals surface area contributed by atoms with Crippen molar-refractivity contribution in [2.24, 2.45) is 4.99 Å². The van der Waals surface area contributed by atoms with Crippen molar-refractivity contribution < 1.29 is 14.2 Å². The van der Waals surface area contributed by atoms with Crippen LogP contribution in [0.1, 0.15) is 16.7 Å². The molecule has 0 bridgehead atoms. The van der Waals surface area contributed by atoms with Gasteiger partial charge in [-0.1, -0.05) is 12.1 Å². The molecule has 0 aliphatic rings. The van der Waals surface area contributed by atoms with Gasteiger partial charge in [0.15, 0.2) is 17.5 Å². The van der Waals surface area contributed by atoms with Crippen LogP contribution in [-0.4, -0.2) is 34.3 Å². The Morgan fingerprint density at radius 3 is 2.11 bits per heavy atom. The van der Waals surface area contributed by atoms with Crippen LogP contribution < -0.4 is 24.8 Å². The minimum Gasteiger partial charge on any atom is -0.497 e. The van der Waals surface area contributed by atoms with E-state index in [2.05, 4.69) is 28.6 Å². The van der Waals surface area contributed by atoms with Gasteiger partial charge in [-0.05, 0) is 47.9 Å². The summed E-state index contributed by atoms with van der Waals surface area (Å²) in [6.45, 7) is 3.33. The molecular weight excluding hydrogens is 457 g/mol.